The third-order valence-corrected chi connectivity index (χ3v) is 3.05. The molecule has 1 aromatic carbocycles. The Morgan fingerprint density at radius 3 is 2.94 bits per heavy atom. The Morgan fingerprint density at radius 2 is 2.24 bits per heavy atom. The molecule has 0 amide bonds. The molecule has 0 aliphatic carbocycles. The molecule has 4 nitrogen and oxygen atoms in total. The van der Waals surface area contributed by atoms with E-state index in [1.165, 1.54) is 0 Å². The number of benzene rings is 1. The fourth-order valence-corrected chi connectivity index (χ4v) is 2.12. The number of aliphatic hydroxyl groups is 1. The number of carbonyl (C=O) groups is 1. The summed E-state index contributed by atoms with van der Waals surface area (Å²) in [4.78, 5) is 11.6. The largest absolute Gasteiger partial charge is 0.496 e. The molecular formula is C13H16O4. The minimum absolute atomic E-state index is 0.324. The van der Waals surface area contributed by atoms with Crippen molar-refractivity contribution < 1.29 is 19.4 Å². The van der Waals surface area contributed by atoms with E-state index in [0.717, 1.165) is 6.42 Å². The molecule has 1 heterocycles. The normalized spacial score (nSPS) is 21.8. The summed E-state index contributed by atoms with van der Waals surface area (Å²) in [5.41, 5.74) is 0.638. The van der Waals surface area contributed by atoms with Crippen molar-refractivity contribution in [2.24, 2.45) is 5.92 Å². The lowest BCUT2D eigenvalue weighted by atomic mass is 9.90. The van der Waals surface area contributed by atoms with Crippen LogP contribution >= 0.6 is 0 Å². The molecule has 2 unspecified atom stereocenters. The first-order valence-electron chi connectivity index (χ1n) is 5.71. The molecule has 17 heavy (non-hydrogen) atoms. The van der Waals surface area contributed by atoms with Crippen LogP contribution in [0, 0.1) is 5.92 Å². The van der Waals surface area contributed by atoms with Gasteiger partial charge in [-0.05, 0) is 18.9 Å². The highest BCUT2D eigenvalue weighted by Crippen LogP contribution is 2.34. The van der Waals surface area contributed by atoms with Gasteiger partial charge >= 0.3 is 5.97 Å². The number of esters is 1. The van der Waals surface area contributed by atoms with Gasteiger partial charge in [-0.2, -0.15) is 0 Å². The summed E-state index contributed by atoms with van der Waals surface area (Å²) in [6.45, 7) is 0.452. The van der Waals surface area contributed by atoms with Crippen LogP contribution in [0.4, 0.5) is 0 Å². The van der Waals surface area contributed by atoms with E-state index in [2.05, 4.69) is 0 Å². The highest BCUT2D eigenvalue weighted by molar-refractivity contribution is 5.74. The van der Waals surface area contributed by atoms with Crippen molar-refractivity contribution in [3.05, 3.63) is 29.8 Å². The van der Waals surface area contributed by atoms with Crippen LogP contribution in [0.15, 0.2) is 24.3 Å². The summed E-state index contributed by atoms with van der Waals surface area (Å²) in [6.07, 6.45) is 0.583. The zero-order valence-corrected chi connectivity index (χ0v) is 9.76. The molecule has 4 heteroatoms. The van der Waals surface area contributed by atoms with Gasteiger partial charge in [0, 0.05) is 5.56 Å². The number of para-hydroxylation sites is 1. The number of carbonyl (C=O) groups excluding carboxylic acids is 1. The van der Waals surface area contributed by atoms with Gasteiger partial charge in [0.05, 0.1) is 25.7 Å². The first-order chi connectivity index (χ1) is 8.24. The molecule has 0 radical (unpaired) electrons. The van der Waals surface area contributed by atoms with Crippen LogP contribution < -0.4 is 4.74 Å². The third kappa shape index (κ3) is 2.42. The van der Waals surface area contributed by atoms with Crippen molar-refractivity contribution in [2.45, 2.75) is 18.9 Å². The SMILES string of the molecule is COc1ccccc1C(O)C1CCCOC1=O. The molecule has 1 aromatic rings. The van der Waals surface area contributed by atoms with E-state index in [-0.39, 0.29) is 5.97 Å². The molecule has 1 fully saturated rings. The summed E-state index contributed by atoms with van der Waals surface area (Å²) < 4.78 is 10.1. The highest BCUT2D eigenvalue weighted by atomic mass is 16.5. The number of methoxy groups -OCH3 is 1. The van der Waals surface area contributed by atoms with Gasteiger partial charge in [0.1, 0.15) is 5.75 Å². The van der Waals surface area contributed by atoms with Crippen LogP contribution in [0.3, 0.4) is 0 Å². The van der Waals surface area contributed by atoms with E-state index in [9.17, 15) is 9.90 Å². The lowest BCUT2D eigenvalue weighted by Gasteiger charge is -2.26. The average molecular weight is 236 g/mol. The minimum atomic E-state index is -0.862. The van der Waals surface area contributed by atoms with E-state index < -0.39 is 12.0 Å². The van der Waals surface area contributed by atoms with Gasteiger partial charge in [0.25, 0.3) is 0 Å². The van der Waals surface area contributed by atoms with Gasteiger partial charge in [-0.15, -0.1) is 0 Å². The van der Waals surface area contributed by atoms with Gasteiger partial charge < -0.3 is 14.6 Å². The second kappa shape index (κ2) is 5.19. The fraction of sp³-hybridized carbons (Fsp3) is 0.462. The highest BCUT2D eigenvalue weighted by Gasteiger charge is 2.33. The average Bonchev–Trinajstić information content (AvgIpc) is 2.38. The summed E-state index contributed by atoms with van der Waals surface area (Å²) >= 11 is 0. The van der Waals surface area contributed by atoms with Gasteiger partial charge in [-0.3, -0.25) is 4.79 Å². The number of hydrogen-bond acceptors (Lipinski definition) is 4. The number of rotatable bonds is 3. The zero-order valence-electron chi connectivity index (χ0n) is 9.76. The van der Waals surface area contributed by atoms with Gasteiger partial charge in [-0.1, -0.05) is 18.2 Å². The Morgan fingerprint density at radius 1 is 1.47 bits per heavy atom. The molecular weight excluding hydrogens is 220 g/mol. The van der Waals surface area contributed by atoms with E-state index in [4.69, 9.17) is 9.47 Å². The molecule has 0 saturated carbocycles. The van der Waals surface area contributed by atoms with Gasteiger partial charge in [0.15, 0.2) is 0 Å². The Balaban J connectivity index is 2.23. The van der Waals surface area contributed by atoms with Crippen LogP contribution in [-0.2, 0) is 9.53 Å². The number of hydrogen-bond donors (Lipinski definition) is 1. The Hall–Kier alpha value is -1.55. The van der Waals surface area contributed by atoms with Crippen LogP contribution in [-0.4, -0.2) is 24.8 Å². The molecule has 1 N–H and O–H groups in total. The molecule has 0 bridgehead atoms. The van der Waals surface area contributed by atoms with Crippen molar-refractivity contribution in [3.63, 3.8) is 0 Å². The smallest absolute Gasteiger partial charge is 0.311 e. The number of aliphatic hydroxyl groups excluding tert-OH is 1. The van der Waals surface area contributed by atoms with Crippen molar-refractivity contribution in [3.8, 4) is 5.75 Å². The van der Waals surface area contributed by atoms with Crippen molar-refractivity contribution in [1.29, 1.82) is 0 Å². The zero-order chi connectivity index (χ0) is 12.3. The molecule has 0 spiro atoms. The van der Waals surface area contributed by atoms with Crippen LogP contribution in [0.1, 0.15) is 24.5 Å². The van der Waals surface area contributed by atoms with Crippen LogP contribution in [0.25, 0.3) is 0 Å². The Labute approximate surface area is 100 Å². The van der Waals surface area contributed by atoms with Gasteiger partial charge in [0.2, 0.25) is 0 Å². The van der Waals surface area contributed by atoms with Crippen molar-refractivity contribution in [1.82, 2.24) is 0 Å². The predicted octanol–water partition coefficient (Wildman–Crippen LogP) is 1.68. The molecule has 1 saturated heterocycles. The second-order valence-corrected chi connectivity index (χ2v) is 4.10. The Kier molecular flexibility index (Phi) is 3.64. The monoisotopic (exact) mass is 236 g/mol. The van der Waals surface area contributed by atoms with E-state index in [0.29, 0.717) is 24.3 Å². The Bertz CT molecular complexity index is 402. The maximum Gasteiger partial charge on any atom is 0.311 e. The van der Waals surface area contributed by atoms with Crippen LogP contribution in [0.2, 0.25) is 0 Å². The van der Waals surface area contributed by atoms with E-state index in [1.807, 2.05) is 12.1 Å². The number of cyclic esters (lactones) is 1. The molecule has 2 atom stereocenters. The maximum atomic E-state index is 11.6. The number of ether oxygens (including phenoxy) is 2. The maximum absolute atomic E-state index is 11.6. The fourth-order valence-electron chi connectivity index (χ4n) is 2.12. The lowest BCUT2D eigenvalue weighted by molar-refractivity contribution is -0.158. The molecule has 1 aliphatic rings. The second-order valence-electron chi connectivity index (χ2n) is 4.10. The summed E-state index contributed by atoms with van der Waals surface area (Å²) in [5.74, 6) is -0.215. The summed E-state index contributed by atoms with van der Waals surface area (Å²) in [5, 5.41) is 10.2. The molecule has 0 aromatic heterocycles. The summed E-state index contributed by atoms with van der Waals surface area (Å²) in [7, 11) is 1.55. The quantitative estimate of drug-likeness (QED) is 0.811. The minimum Gasteiger partial charge on any atom is -0.496 e. The molecule has 1 aliphatic heterocycles. The van der Waals surface area contributed by atoms with E-state index >= 15 is 0 Å². The first kappa shape index (κ1) is 11.9. The first-order valence-corrected chi connectivity index (χ1v) is 5.71. The van der Waals surface area contributed by atoms with Crippen molar-refractivity contribution in [2.75, 3.05) is 13.7 Å². The van der Waals surface area contributed by atoms with Crippen molar-refractivity contribution >= 4 is 5.97 Å². The van der Waals surface area contributed by atoms with Crippen LogP contribution in [0.5, 0.6) is 5.75 Å². The lowest BCUT2D eigenvalue weighted by Crippen LogP contribution is -2.29. The predicted molar refractivity (Wildman–Crippen MR) is 61.6 cm³/mol. The topological polar surface area (TPSA) is 55.8 Å². The standard InChI is InChI=1S/C13H16O4/c1-16-11-7-3-2-5-9(11)12(14)10-6-4-8-17-13(10)15/h2-3,5,7,10,12,14H,4,6,8H2,1H3. The van der Waals surface area contributed by atoms with Gasteiger partial charge in [-0.25, -0.2) is 0 Å². The molecule has 92 valence electrons. The van der Waals surface area contributed by atoms with E-state index in [1.54, 1.807) is 19.2 Å². The molecule has 2 rings (SSSR count). The third-order valence-electron chi connectivity index (χ3n) is 3.05. The summed E-state index contributed by atoms with van der Waals surface area (Å²) in [6, 6.07) is 7.18.